The zero-order valence-electron chi connectivity index (χ0n) is 11.7. The van der Waals surface area contributed by atoms with E-state index in [1.54, 1.807) is 0 Å². The smallest absolute Gasteiger partial charge is 0.0641 e. The molecule has 102 valence electrons. The lowest BCUT2D eigenvalue weighted by Gasteiger charge is -2.37. The first-order valence-electron chi connectivity index (χ1n) is 7.04. The van der Waals surface area contributed by atoms with Crippen molar-refractivity contribution in [2.24, 2.45) is 0 Å². The lowest BCUT2D eigenvalue weighted by molar-refractivity contribution is -0.0643. The van der Waals surface area contributed by atoms with E-state index in [0.29, 0.717) is 12.1 Å². The fourth-order valence-electron chi connectivity index (χ4n) is 2.74. The molecular formula is C15H25NOS. The fraction of sp³-hybridized carbons (Fsp3) is 0.733. The molecule has 0 aromatic carbocycles. The Bertz CT molecular complexity index is 347. The van der Waals surface area contributed by atoms with Gasteiger partial charge in [0, 0.05) is 23.6 Å². The van der Waals surface area contributed by atoms with Crippen molar-refractivity contribution in [1.29, 1.82) is 0 Å². The SMILES string of the molecule is CCCC(NC1CCOC(C)(C)C1)c1cccs1. The molecule has 3 heteroatoms. The number of ether oxygens (including phenoxy) is 1. The molecule has 1 aliphatic rings. The van der Waals surface area contributed by atoms with Crippen LogP contribution in [0.25, 0.3) is 0 Å². The maximum atomic E-state index is 5.79. The second-order valence-electron chi connectivity index (χ2n) is 5.82. The zero-order valence-corrected chi connectivity index (χ0v) is 12.6. The van der Waals surface area contributed by atoms with Gasteiger partial charge in [-0.1, -0.05) is 19.4 Å². The van der Waals surface area contributed by atoms with Crippen LogP contribution in [-0.2, 0) is 4.74 Å². The quantitative estimate of drug-likeness (QED) is 0.866. The lowest BCUT2D eigenvalue weighted by atomic mass is 9.93. The van der Waals surface area contributed by atoms with Crippen molar-refractivity contribution < 1.29 is 4.74 Å². The minimum absolute atomic E-state index is 0.0299. The van der Waals surface area contributed by atoms with Gasteiger partial charge in [0.25, 0.3) is 0 Å². The van der Waals surface area contributed by atoms with E-state index in [2.05, 4.69) is 43.6 Å². The Hall–Kier alpha value is -0.380. The summed E-state index contributed by atoms with van der Waals surface area (Å²) in [6, 6.07) is 5.52. The Balaban J connectivity index is 1.96. The molecule has 2 heterocycles. The molecule has 0 bridgehead atoms. The Kier molecular flexibility index (Phi) is 4.82. The molecule has 0 spiro atoms. The van der Waals surface area contributed by atoms with Gasteiger partial charge in [-0.2, -0.15) is 0 Å². The first kappa shape index (κ1) is 14.0. The van der Waals surface area contributed by atoms with Gasteiger partial charge in [-0.15, -0.1) is 11.3 Å². The summed E-state index contributed by atoms with van der Waals surface area (Å²) in [5, 5.41) is 6.02. The van der Waals surface area contributed by atoms with E-state index in [-0.39, 0.29) is 5.60 Å². The van der Waals surface area contributed by atoms with Crippen LogP contribution in [0, 0.1) is 0 Å². The summed E-state index contributed by atoms with van der Waals surface area (Å²) in [7, 11) is 0. The first-order chi connectivity index (χ1) is 8.61. The van der Waals surface area contributed by atoms with Gasteiger partial charge in [0.1, 0.15) is 0 Å². The van der Waals surface area contributed by atoms with Gasteiger partial charge < -0.3 is 10.1 Å². The highest BCUT2D eigenvalue weighted by Crippen LogP contribution is 2.29. The van der Waals surface area contributed by atoms with E-state index in [0.717, 1.165) is 19.4 Å². The van der Waals surface area contributed by atoms with Crippen LogP contribution in [-0.4, -0.2) is 18.2 Å². The fourth-order valence-corrected chi connectivity index (χ4v) is 3.57. The van der Waals surface area contributed by atoms with Crippen LogP contribution in [0.2, 0.25) is 0 Å². The Morgan fingerprint density at radius 2 is 2.39 bits per heavy atom. The monoisotopic (exact) mass is 267 g/mol. The molecule has 1 aromatic heterocycles. The van der Waals surface area contributed by atoms with Gasteiger partial charge in [-0.25, -0.2) is 0 Å². The molecule has 0 radical (unpaired) electrons. The molecular weight excluding hydrogens is 242 g/mol. The van der Waals surface area contributed by atoms with Crippen LogP contribution in [0.5, 0.6) is 0 Å². The van der Waals surface area contributed by atoms with Crippen molar-refractivity contribution in [2.75, 3.05) is 6.61 Å². The average Bonchev–Trinajstić information content (AvgIpc) is 2.80. The van der Waals surface area contributed by atoms with Crippen molar-refractivity contribution in [3.8, 4) is 0 Å². The van der Waals surface area contributed by atoms with Crippen LogP contribution in [0.3, 0.4) is 0 Å². The minimum Gasteiger partial charge on any atom is -0.375 e. The van der Waals surface area contributed by atoms with E-state index in [4.69, 9.17) is 4.74 Å². The summed E-state index contributed by atoms with van der Waals surface area (Å²) in [4.78, 5) is 1.47. The molecule has 0 saturated carbocycles. The summed E-state index contributed by atoms with van der Waals surface area (Å²) in [5.74, 6) is 0. The summed E-state index contributed by atoms with van der Waals surface area (Å²) in [6.45, 7) is 7.53. The molecule has 2 unspecified atom stereocenters. The Morgan fingerprint density at radius 1 is 1.56 bits per heavy atom. The molecule has 1 N–H and O–H groups in total. The van der Waals surface area contributed by atoms with Gasteiger partial charge in [0.15, 0.2) is 0 Å². The molecule has 1 aromatic rings. The van der Waals surface area contributed by atoms with E-state index in [1.807, 2.05) is 11.3 Å². The number of nitrogens with one attached hydrogen (secondary N) is 1. The van der Waals surface area contributed by atoms with Crippen molar-refractivity contribution in [1.82, 2.24) is 5.32 Å². The summed E-state index contributed by atoms with van der Waals surface area (Å²) < 4.78 is 5.79. The van der Waals surface area contributed by atoms with Crippen molar-refractivity contribution in [3.05, 3.63) is 22.4 Å². The largest absolute Gasteiger partial charge is 0.375 e. The third-order valence-electron chi connectivity index (χ3n) is 3.60. The van der Waals surface area contributed by atoms with Gasteiger partial charge in [0.2, 0.25) is 0 Å². The first-order valence-corrected chi connectivity index (χ1v) is 7.92. The predicted octanol–water partition coefficient (Wildman–Crippen LogP) is 4.14. The third kappa shape index (κ3) is 3.81. The predicted molar refractivity (Wildman–Crippen MR) is 78.2 cm³/mol. The van der Waals surface area contributed by atoms with Gasteiger partial charge in [-0.3, -0.25) is 0 Å². The number of hydrogen-bond acceptors (Lipinski definition) is 3. The van der Waals surface area contributed by atoms with Crippen LogP contribution in [0.15, 0.2) is 17.5 Å². The lowest BCUT2D eigenvalue weighted by Crippen LogP contribution is -2.44. The maximum Gasteiger partial charge on any atom is 0.0641 e. The Morgan fingerprint density at radius 3 is 3.00 bits per heavy atom. The molecule has 1 fully saturated rings. The molecule has 2 rings (SSSR count). The minimum atomic E-state index is 0.0299. The molecule has 1 aliphatic heterocycles. The highest BCUT2D eigenvalue weighted by atomic mass is 32.1. The van der Waals surface area contributed by atoms with Gasteiger partial charge >= 0.3 is 0 Å². The number of hydrogen-bond donors (Lipinski definition) is 1. The second kappa shape index (κ2) is 6.18. The highest BCUT2D eigenvalue weighted by Gasteiger charge is 2.30. The van der Waals surface area contributed by atoms with E-state index in [9.17, 15) is 0 Å². The molecule has 1 saturated heterocycles. The average molecular weight is 267 g/mol. The maximum absolute atomic E-state index is 5.79. The van der Waals surface area contributed by atoms with Crippen molar-refractivity contribution in [3.63, 3.8) is 0 Å². The van der Waals surface area contributed by atoms with E-state index in [1.165, 1.54) is 17.7 Å². The topological polar surface area (TPSA) is 21.3 Å². The molecule has 18 heavy (non-hydrogen) atoms. The number of rotatable bonds is 5. The van der Waals surface area contributed by atoms with Crippen LogP contribution < -0.4 is 5.32 Å². The van der Waals surface area contributed by atoms with Crippen molar-refractivity contribution >= 4 is 11.3 Å². The zero-order chi connectivity index (χ0) is 13.0. The van der Waals surface area contributed by atoms with Gasteiger partial charge in [-0.05, 0) is 44.6 Å². The van der Waals surface area contributed by atoms with Crippen LogP contribution in [0.1, 0.15) is 57.4 Å². The van der Waals surface area contributed by atoms with Crippen molar-refractivity contribution in [2.45, 2.75) is 64.1 Å². The van der Waals surface area contributed by atoms with E-state index >= 15 is 0 Å². The van der Waals surface area contributed by atoms with Crippen LogP contribution >= 0.6 is 11.3 Å². The molecule has 0 amide bonds. The summed E-state index contributed by atoms with van der Waals surface area (Å²) in [5.41, 5.74) is 0.0299. The van der Waals surface area contributed by atoms with E-state index < -0.39 is 0 Å². The molecule has 2 atom stereocenters. The third-order valence-corrected chi connectivity index (χ3v) is 4.58. The summed E-state index contributed by atoms with van der Waals surface area (Å²) >= 11 is 1.87. The highest BCUT2D eigenvalue weighted by molar-refractivity contribution is 7.10. The van der Waals surface area contributed by atoms with Gasteiger partial charge in [0.05, 0.1) is 5.60 Å². The summed E-state index contributed by atoms with van der Waals surface area (Å²) in [6.07, 6.45) is 4.69. The Labute approximate surface area is 115 Å². The van der Waals surface area contributed by atoms with Crippen LogP contribution in [0.4, 0.5) is 0 Å². The normalized spacial score (nSPS) is 24.9. The molecule has 2 nitrogen and oxygen atoms in total. The standard InChI is InChI=1S/C15H25NOS/c1-4-6-13(14-7-5-10-18-14)16-12-8-9-17-15(2,3)11-12/h5,7,10,12-13,16H,4,6,8-9,11H2,1-3H3. The number of thiophene rings is 1. The molecule has 0 aliphatic carbocycles. The second-order valence-corrected chi connectivity index (χ2v) is 6.80.